The van der Waals surface area contributed by atoms with E-state index in [-0.39, 0.29) is 6.04 Å². The molecule has 22 heavy (non-hydrogen) atoms. The number of likely N-dealkylation sites (tertiary alicyclic amines) is 1. The number of aromatic nitrogens is 2. The number of halogens is 2. The van der Waals surface area contributed by atoms with Gasteiger partial charge in [-0.15, -0.1) is 0 Å². The molecule has 1 N–H and O–H groups in total. The SMILES string of the molecule is Cn1nccc1CCN1C[C@@H](O)C[C@@H]1c1cc(F)ccc1F. The van der Waals surface area contributed by atoms with Crippen LogP contribution in [0, 0.1) is 11.6 Å². The maximum Gasteiger partial charge on any atom is 0.128 e. The van der Waals surface area contributed by atoms with Crippen molar-refractivity contribution in [1.82, 2.24) is 14.7 Å². The molecule has 1 aromatic carbocycles. The molecule has 1 aliphatic rings. The fraction of sp³-hybridized carbons (Fsp3) is 0.438. The van der Waals surface area contributed by atoms with E-state index in [1.807, 2.05) is 18.0 Å². The van der Waals surface area contributed by atoms with Crippen LogP contribution >= 0.6 is 0 Å². The Balaban J connectivity index is 1.77. The van der Waals surface area contributed by atoms with Gasteiger partial charge in [0.1, 0.15) is 11.6 Å². The Hall–Kier alpha value is -1.79. The molecule has 0 bridgehead atoms. The summed E-state index contributed by atoms with van der Waals surface area (Å²) in [6, 6.07) is 5.14. The number of aliphatic hydroxyl groups excluding tert-OH is 1. The van der Waals surface area contributed by atoms with Crippen molar-refractivity contribution in [2.75, 3.05) is 13.1 Å². The van der Waals surface area contributed by atoms with Crippen molar-refractivity contribution in [1.29, 1.82) is 0 Å². The maximum atomic E-state index is 14.0. The van der Waals surface area contributed by atoms with Crippen LogP contribution < -0.4 is 0 Å². The Morgan fingerprint density at radius 3 is 2.86 bits per heavy atom. The lowest BCUT2D eigenvalue weighted by atomic mass is 10.0. The number of aliphatic hydroxyl groups is 1. The van der Waals surface area contributed by atoms with E-state index in [4.69, 9.17) is 0 Å². The fourth-order valence-electron chi connectivity index (χ4n) is 3.12. The number of rotatable bonds is 4. The van der Waals surface area contributed by atoms with Crippen molar-refractivity contribution in [3.05, 3.63) is 53.4 Å². The van der Waals surface area contributed by atoms with E-state index >= 15 is 0 Å². The zero-order valence-corrected chi connectivity index (χ0v) is 12.4. The van der Waals surface area contributed by atoms with Gasteiger partial charge in [0, 0.05) is 50.1 Å². The maximum absolute atomic E-state index is 14.0. The zero-order valence-electron chi connectivity index (χ0n) is 12.4. The lowest BCUT2D eigenvalue weighted by Crippen LogP contribution is -2.28. The van der Waals surface area contributed by atoms with Crippen LogP contribution in [0.4, 0.5) is 8.78 Å². The fourth-order valence-corrected chi connectivity index (χ4v) is 3.12. The molecule has 1 aromatic heterocycles. The number of hydrogen-bond acceptors (Lipinski definition) is 3. The molecule has 0 unspecified atom stereocenters. The molecule has 118 valence electrons. The van der Waals surface area contributed by atoms with Crippen LogP contribution in [0.15, 0.2) is 30.5 Å². The van der Waals surface area contributed by atoms with E-state index in [0.29, 0.717) is 25.1 Å². The summed E-state index contributed by atoms with van der Waals surface area (Å²) >= 11 is 0. The van der Waals surface area contributed by atoms with Gasteiger partial charge in [0.05, 0.1) is 6.10 Å². The smallest absolute Gasteiger partial charge is 0.128 e. The summed E-state index contributed by atoms with van der Waals surface area (Å²) in [4.78, 5) is 2.01. The molecule has 2 aromatic rings. The largest absolute Gasteiger partial charge is 0.392 e. The lowest BCUT2D eigenvalue weighted by Gasteiger charge is -2.24. The summed E-state index contributed by atoms with van der Waals surface area (Å²) in [6.07, 6.45) is 2.39. The first-order chi connectivity index (χ1) is 10.5. The van der Waals surface area contributed by atoms with Crippen molar-refractivity contribution in [3.63, 3.8) is 0 Å². The molecule has 2 atom stereocenters. The first-order valence-electron chi connectivity index (χ1n) is 7.38. The van der Waals surface area contributed by atoms with Crippen LogP contribution in [-0.4, -0.2) is 39.0 Å². The number of aryl methyl sites for hydroxylation is 1. The van der Waals surface area contributed by atoms with Crippen LogP contribution in [0.2, 0.25) is 0 Å². The average molecular weight is 307 g/mol. The van der Waals surface area contributed by atoms with E-state index in [1.54, 1.807) is 10.9 Å². The highest BCUT2D eigenvalue weighted by molar-refractivity contribution is 5.24. The molecular formula is C16H19F2N3O. The number of hydrogen-bond donors (Lipinski definition) is 1. The summed E-state index contributed by atoms with van der Waals surface area (Å²) in [5, 5.41) is 14.0. The van der Waals surface area contributed by atoms with Gasteiger partial charge in [-0.2, -0.15) is 5.10 Å². The summed E-state index contributed by atoms with van der Waals surface area (Å²) < 4.78 is 29.2. The van der Waals surface area contributed by atoms with E-state index in [0.717, 1.165) is 24.2 Å². The van der Waals surface area contributed by atoms with Gasteiger partial charge in [0.15, 0.2) is 0 Å². The first-order valence-corrected chi connectivity index (χ1v) is 7.38. The van der Waals surface area contributed by atoms with Gasteiger partial charge in [-0.3, -0.25) is 9.58 Å². The van der Waals surface area contributed by atoms with Gasteiger partial charge in [-0.05, 0) is 30.7 Å². The third kappa shape index (κ3) is 3.03. The topological polar surface area (TPSA) is 41.3 Å². The Morgan fingerprint density at radius 2 is 2.14 bits per heavy atom. The average Bonchev–Trinajstić information content (AvgIpc) is 3.05. The van der Waals surface area contributed by atoms with Gasteiger partial charge in [0.25, 0.3) is 0 Å². The lowest BCUT2D eigenvalue weighted by molar-refractivity contribution is 0.175. The second-order valence-corrected chi connectivity index (χ2v) is 5.76. The van der Waals surface area contributed by atoms with Gasteiger partial charge in [-0.25, -0.2) is 8.78 Å². The van der Waals surface area contributed by atoms with Gasteiger partial charge >= 0.3 is 0 Å². The van der Waals surface area contributed by atoms with E-state index in [2.05, 4.69) is 5.10 Å². The Labute approximate surface area is 128 Å². The van der Waals surface area contributed by atoms with Crippen molar-refractivity contribution in [2.45, 2.75) is 25.0 Å². The van der Waals surface area contributed by atoms with Crippen molar-refractivity contribution in [2.24, 2.45) is 7.05 Å². The second-order valence-electron chi connectivity index (χ2n) is 5.76. The molecule has 2 heterocycles. The van der Waals surface area contributed by atoms with Crippen LogP contribution in [0.3, 0.4) is 0 Å². The molecule has 1 saturated heterocycles. The molecule has 0 radical (unpaired) electrons. The number of β-amino-alcohol motifs (C(OH)–C–C–N with tert-alkyl or cyclic N) is 1. The van der Waals surface area contributed by atoms with Crippen LogP contribution in [0.1, 0.15) is 23.7 Å². The molecule has 0 amide bonds. The molecule has 0 aliphatic carbocycles. The van der Waals surface area contributed by atoms with Crippen LogP contribution in [0.25, 0.3) is 0 Å². The Kier molecular flexibility index (Phi) is 4.22. The Morgan fingerprint density at radius 1 is 1.32 bits per heavy atom. The highest BCUT2D eigenvalue weighted by Crippen LogP contribution is 2.34. The third-order valence-corrected chi connectivity index (χ3v) is 4.28. The molecule has 3 rings (SSSR count). The van der Waals surface area contributed by atoms with Gasteiger partial charge < -0.3 is 5.11 Å². The molecule has 1 fully saturated rings. The number of benzene rings is 1. The first kappa shape index (κ1) is 15.1. The van der Waals surface area contributed by atoms with Crippen molar-refractivity contribution >= 4 is 0 Å². The summed E-state index contributed by atoms with van der Waals surface area (Å²) in [5.74, 6) is -0.879. The van der Waals surface area contributed by atoms with Crippen LogP contribution in [-0.2, 0) is 13.5 Å². The highest BCUT2D eigenvalue weighted by atomic mass is 19.1. The number of nitrogens with zero attached hydrogens (tertiary/aromatic N) is 3. The quantitative estimate of drug-likeness (QED) is 0.940. The minimum absolute atomic E-state index is 0.293. The molecular weight excluding hydrogens is 288 g/mol. The zero-order chi connectivity index (χ0) is 15.7. The molecule has 0 saturated carbocycles. The summed E-state index contributed by atoms with van der Waals surface area (Å²) in [7, 11) is 1.87. The van der Waals surface area contributed by atoms with Crippen molar-refractivity contribution in [3.8, 4) is 0 Å². The summed E-state index contributed by atoms with van der Waals surface area (Å²) in [5.41, 5.74) is 1.39. The minimum atomic E-state index is -0.515. The van der Waals surface area contributed by atoms with E-state index < -0.39 is 17.7 Å². The normalized spacial score (nSPS) is 22.4. The van der Waals surface area contributed by atoms with Gasteiger partial charge in [0.2, 0.25) is 0 Å². The molecule has 0 spiro atoms. The third-order valence-electron chi connectivity index (χ3n) is 4.28. The predicted octanol–water partition coefficient (Wildman–Crippen LogP) is 2.05. The molecule has 6 heteroatoms. The highest BCUT2D eigenvalue weighted by Gasteiger charge is 2.33. The Bertz CT molecular complexity index is 659. The molecule has 1 aliphatic heterocycles. The monoisotopic (exact) mass is 307 g/mol. The standard InChI is InChI=1S/C16H19F2N3O/c1-20-12(4-6-19-20)5-7-21-10-13(22)9-16(21)14-8-11(17)2-3-15(14)18/h2-4,6,8,13,16,22H,5,7,9-10H2,1H3/t13-,16+/m0/s1. The van der Waals surface area contributed by atoms with Crippen LogP contribution in [0.5, 0.6) is 0 Å². The van der Waals surface area contributed by atoms with E-state index in [9.17, 15) is 13.9 Å². The predicted molar refractivity (Wildman–Crippen MR) is 78.2 cm³/mol. The van der Waals surface area contributed by atoms with E-state index in [1.165, 1.54) is 6.07 Å². The molecule has 4 nitrogen and oxygen atoms in total. The van der Waals surface area contributed by atoms with Crippen molar-refractivity contribution < 1.29 is 13.9 Å². The summed E-state index contributed by atoms with van der Waals surface area (Å²) in [6.45, 7) is 1.13. The second kappa shape index (κ2) is 6.14. The van der Waals surface area contributed by atoms with Gasteiger partial charge in [-0.1, -0.05) is 0 Å². The minimum Gasteiger partial charge on any atom is -0.392 e.